The molecule has 1 heterocycles. The van der Waals surface area contributed by atoms with Gasteiger partial charge in [0.2, 0.25) is 0 Å². The van der Waals surface area contributed by atoms with Crippen LogP contribution >= 0.6 is 0 Å². The first kappa shape index (κ1) is 10.4. The monoisotopic (exact) mass is 196 g/mol. The summed E-state index contributed by atoms with van der Waals surface area (Å²) in [7, 11) is 0. The Balaban J connectivity index is 1.86. The minimum atomic E-state index is 0.710. The van der Waals surface area contributed by atoms with E-state index in [1.54, 1.807) is 0 Å². The maximum atomic E-state index is 3.72. The van der Waals surface area contributed by atoms with Crippen molar-refractivity contribution in [3.63, 3.8) is 0 Å². The zero-order chi connectivity index (χ0) is 9.97. The second-order valence-electron chi connectivity index (χ2n) is 5.02. The van der Waals surface area contributed by atoms with Crippen LogP contribution in [0.15, 0.2) is 0 Å². The molecular formula is C12H24N2. The molecule has 0 bridgehead atoms. The standard InChI is InChI=1S/C12H24N2/c1-3-11-7-9-14(12-4-5-12)8-6-10(2)13-11/h10-13H,3-9H2,1-2H3. The Morgan fingerprint density at radius 3 is 2.50 bits per heavy atom. The summed E-state index contributed by atoms with van der Waals surface area (Å²) in [5, 5.41) is 3.72. The van der Waals surface area contributed by atoms with E-state index in [9.17, 15) is 0 Å². The van der Waals surface area contributed by atoms with E-state index >= 15 is 0 Å². The fraction of sp³-hybridized carbons (Fsp3) is 1.00. The minimum absolute atomic E-state index is 0.710. The molecule has 0 aromatic heterocycles. The smallest absolute Gasteiger partial charge is 0.00964 e. The van der Waals surface area contributed by atoms with Gasteiger partial charge in [0, 0.05) is 18.1 Å². The molecular weight excluding hydrogens is 172 g/mol. The highest BCUT2D eigenvalue weighted by atomic mass is 15.2. The van der Waals surface area contributed by atoms with Crippen molar-refractivity contribution < 1.29 is 0 Å². The van der Waals surface area contributed by atoms with E-state index in [4.69, 9.17) is 0 Å². The van der Waals surface area contributed by atoms with E-state index in [1.807, 2.05) is 0 Å². The van der Waals surface area contributed by atoms with Gasteiger partial charge in [0.1, 0.15) is 0 Å². The molecule has 2 unspecified atom stereocenters. The van der Waals surface area contributed by atoms with Crippen molar-refractivity contribution in [1.29, 1.82) is 0 Å². The van der Waals surface area contributed by atoms with Crippen molar-refractivity contribution in [2.45, 2.75) is 64.1 Å². The normalized spacial score (nSPS) is 36.4. The Labute approximate surface area is 88.1 Å². The fourth-order valence-corrected chi connectivity index (χ4v) is 2.49. The third kappa shape index (κ3) is 2.71. The number of nitrogens with zero attached hydrogens (tertiary/aromatic N) is 1. The van der Waals surface area contributed by atoms with Gasteiger partial charge in [-0.2, -0.15) is 0 Å². The molecule has 82 valence electrons. The van der Waals surface area contributed by atoms with Crippen LogP contribution in [0.3, 0.4) is 0 Å². The topological polar surface area (TPSA) is 15.3 Å². The van der Waals surface area contributed by atoms with E-state index in [0.29, 0.717) is 6.04 Å². The van der Waals surface area contributed by atoms with Crippen molar-refractivity contribution in [2.75, 3.05) is 13.1 Å². The average Bonchev–Trinajstić information content (AvgIpc) is 2.95. The van der Waals surface area contributed by atoms with E-state index in [2.05, 4.69) is 24.1 Å². The molecule has 14 heavy (non-hydrogen) atoms. The summed E-state index contributed by atoms with van der Waals surface area (Å²) in [4.78, 5) is 2.72. The molecule has 2 heteroatoms. The molecule has 1 saturated heterocycles. The molecule has 1 aliphatic carbocycles. The third-order valence-corrected chi connectivity index (χ3v) is 3.69. The molecule has 2 aliphatic rings. The summed E-state index contributed by atoms with van der Waals surface area (Å²) in [6.07, 6.45) is 6.87. The maximum absolute atomic E-state index is 3.72. The highest BCUT2D eigenvalue weighted by Crippen LogP contribution is 2.28. The van der Waals surface area contributed by atoms with Crippen LogP contribution in [-0.2, 0) is 0 Å². The molecule has 0 aromatic carbocycles. The van der Waals surface area contributed by atoms with Gasteiger partial charge in [0.25, 0.3) is 0 Å². The fourth-order valence-electron chi connectivity index (χ4n) is 2.49. The number of rotatable bonds is 2. The molecule has 0 aromatic rings. The summed E-state index contributed by atoms with van der Waals surface area (Å²) < 4.78 is 0. The predicted octanol–water partition coefficient (Wildman–Crippen LogP) is 2.00. The van der Waals surface area contributed by atoms with Crippen LogP contribution in [0.4, 0.5) is 0 Å². The Hall–Kier alpha value is -0.0800. The Kier molecular flexibility index (Phi) is 3.45. The first-order valence-corrected chi connectivity index (χ1v) is 6.29. The number of nitrogens with one attached hydrogen (secondary N) is 1. The van der Waals surface area contributed by atoms with Crippen molar-refractivity contribution in [2.24, 2.45) is 0 Å². The van der Waals surface area contributed by atoms with E-state index < -0.39 is 0 Å². The summed E-state index contributed by atoms with van der Waals surface area (Å²) in [6.45, 7) is 7.27. The lowest BCUT2D eigenvalue weighted by atomic mass is 10.1. The molecule has 2 rings (SSSR count). The van der Waals surface area contributed by atoms with Gasteiger partial charge < -0.3 is 10.2 Å². The van der Waals surface area contributed by atoms with Crippen molar-refractivity contribution >= 4 is 0 Å². The zero-order valence-electron chi connectivity index (χ0n) is 9.63. The largest absolute Gasteiger partial charge is 0.311 e. The van der Waals surface area contributed by atoms with Crippen LogP contribution < -0.4 is 5.32 Å². The van der Waals surface area contributed by atoms with Crippen LogP contribution in [0, 0.1) is 0 Å². The van der Waals surface area contributed by atoms with Gasteiger partial charge in [-0.3, -0.25) is 0 Å². The summed E-state index contributed by atoms with van der Waals surface area (Å²) >= 11 is 0. The second-order valence-corrected chi connectivity index (χ2v) is 5.02. The van der Waals surface area contributed by atoms with Crippen LogP contribution in [0.5, 0.6) is 0 Å². The first-order valence-electron chi connectivity index (χ1n) is 6.29. The Morgan fingerprint density at radius 1 is 1.14 bits per heavy atom. The van der Waals surface area contributed by atoms with Crippen molar-refractivity contribution in [1.82, 2.24) is 10.2 Å². The Bertz CT molecular complexity index is 177. The minimum Gasteiger partial charge on any atom is -0.311 e. The lowest BCUT2D eigenvalue weighted by Gasteiger charge is -2.32. The quantitative estimate of drug-likeness (QED) is 0.726. The molecule has 2 fully saturated rings. The SMILES string of the molecule is CCC1CCN(C2CC2)CCC(C)N1. The van der Waals surface area contributed by atoms with E-state index in [1.165, 1.54) is 45.2 Å². The average molecular weight is 196 g/mol. The highest BCUT2D eigenvalue weighted by Gasteiger charge is 2.30. The molecule has 1 saturated carbocycles. The molecule has 0 amide bonds. The van der Waals surface area contributed by atoms with Gasteiger partial charge in [0.15, 0.2) is 0 Å². The predicted molar refractivity (Wildman–Crippen MR) is 60.5 cm³/mol. The summed E-state index contributed by atoms with van der Waals surface area (Å²) in [5.74, 6) is 0. The molecule has 2 nitrogen and oxygen atoms in total. The first-order chi connectivity index (χ1) is 6.79. The summed E-state index contributed by atoms with van der Waals surface area (Å²) in [6, 6.07) is 2.42. The van der Waals surface area contributed by atoms with Gasteiger partial charge in [-0.15, -0.1) is 0 Å². The van der Waals surface area contributed by atoms with Gasteiger partial charge in [-0.05, 0) is 52.1 Å². The van der Waals surface area contributed by atoms with Crippen LogP contribution in [-0.4, -0.2) is 36.1 Å². The highest BCUT2D eigenvalue weighted by molar-refractivity contribution is 4.87. The second kappa shape index (κ2) is 4.63. The molecule has 1 aliphatic heterocycles. The van der Waals surface area contributed by atoms with Crippen LogP contribution in [0.2, 0.25) is 0 Å². The molecule has 0 radical (unpaired) electrons. The van der Waals surface area contributed by atoms with Crippen LogP contribution in [0.25, 0.3) is 0 Å². The van der Waals surface area contributed by atoms with Crippen LogP contribution in [0.1, 0.15) is 46.0 Å². The maximum Gasteiger partial charge on any atom is 0.00964 e. The van der Waals surface area contributed by atoms with Gasteiger partial charge >= 0.3 is 0 Å². The van der Waals surface area contributed by atoms with Gasteiger partial charge in [-0.1, -0.05) is 6.92 Å². The third-order valence-electron chi connectivity index (χ3n) is 3.69. The van der Waals surface area contributed by atoms with Crippen molar-refractivity contribution in [3.05, 3.63) is 0 Å². The number of hydrogen-bond acceptors (Lipinski definition) is 2. The lowest BCUT2D eigenvalue weighted by molar-refractivity contribution is 0.205. The van der Waals surface area contributed by atoms with Gasteiger partial charge in [-0.25, -0.2) is 0 Å². The lowest BCUT2D eigenvalue weighted by Crippen LogP contribution is -2.44. The number of hydrogen-bond donors (Lipinski definition) is 1. The summed E-state index contributed by atoms with van der Waals surface area (Å²) in [5.41, 5.74) is 0. The molecule has 1 N–H and O–H groups in total. The van der Waals surface area contributed by atoms with Crippen molar-refractivity contribution in [3.8, 4) is 0 Å². The Morgan fingerprint density at radius 2 is 1.86 bits per heavy atom. The van der Waals surface area contributed by atoms with E-state index in [0.717, 1.165) is 12.1 Å². The molecule has 2 atom stereocenters. The molecule has 0 spiro atoms. The van der Waals surface area contributed by atoms with Gasteiger partial charge in [0.05, 0.1) is 0 Å². The van der Waals surface area contributed by atoms with E-state index in [-0.39, 0.29) is 0 Å². The zero-order valence-corrected chi connectivity index (χ0v) is 9.63.